The fraction of sp³-hybridized carbons (Fsp3) is 0.286. The van der Waals surface area contributed by atoms with Crippen molar-refractivity contribution in [3.05, 3.63) is 59.4 Å². The predicted octanol–water partition coefficient (Wildman–Crippen LogP) is 4.07. The van der Waals surface area contributed by atoms with Crippen molar-refractivity contribution in [1.29, 1.82) is 5.26 Å². The van der Waals surface area contributed by atoms with Gasteiger partial charge in [-0.05, 0) is 61.2 Å². The van der Waals surface area contributed by atoms with E-state index in [9.17, 15) is 14.0 Å². The Kier molecular flexibility index (Phi) is 5.13. The molecule has 0 saturated carbocycles. The van der Waals surface area contributed by atoms with Crippen LogP contribution in [-0.2, 0) is 0 Å². The maximum Gasteiger partial charge on any atom is 0.253 e. The average molecular weight is 350 g/mol. The number of hydrogen-bond donors (Lipinski definition) is 0. The number of piperidine rings is 1. The first-order chi connectivity index (χ1) is 12.5. The maximum atomic E-state index is 13.6. The number of likely N-dealkylation sites (tertiary alicyclic amines) is 1. The van der Waals surface area contributed by atoms with E-state index in [1.165, 1.54) is 25.1 Å². The lowest BCUT2D eigenvalue weighted by atomic mass is 9.96. The highest BCUT2D eigenvalue weighted by atomic mass is 19.1. The van der Waals surface area contributed by atoms with Crippen LogP contribution in [0.4, 0.5) is 4.39 Å². The molecule has 1 saturated heterocycles. The van der Waals surface area contributed by atoms with E-state index >= 15 is 0 Å². The predicted molar refractivity (Wildman–Crippen MR) is 96.1 cm³/mol. The maximum absolute atomic E-state index is 13.6. The van der Waals surface area contributed by atoms with Crippen LogP contribution >= 0.6 is 0 Å². The first kappa shape index (κ1) is 17.8. The second-order valence-corrected chi connectivity index (χ2v) is 6.54. The van der Waals surface area contributed by atoms with Crippen LogP contribution in [0.15, 0.2) is 42.5 Å². The molecule has 0 bridgehead atoms. The lowest BCUT2D eigenvalue weighted by Gasteiger charge is -2.29. The van der Waals surface area contributed by atoms with Crippen molar-refractivity contribution in [3.8, 4) is 17.2 Å². The molecule has 0 spiro atoms. The summed E-state index contributed by atoms with van der Waals surface area (Å²) in [6, 6.07) is 13.1. The summed E-state index contributed by atoms with van der Waals surface area (Å²) in [6.07, 6.45) is 1.65. The molecule has 3 rings (SSSR count). The van der Waals surface area contributed by atoms with Gasteiger partial charge < -0.3 is 4.90 Å². The van der Waals surface area contributed by atoms with Crippen LogP contribution in [0.2, 0.25) is 0 Å². The fourth-order valence-electron chi connectivity index (χ4n) is 3.30. The molecule has 0 N–H and O–H groups in total. The number of hydrogen-bond acceptors (Lipinski definition) is 3. The fourth-order valence-corrected chi connectivity index (χ4v) is 3.30. The van der Waals surface area contributed by atoms with Gasteiger partial charge in [-0.2, -0.15) is 5.26 Å². The SMILES string of the molecule is CC(=O)c1ccc(F)cc1-c1ccc(C(=O)N2CCC[C@H](C#N)C2)cc1. The summed E-state index contributed by atoms with van der Waals surface area (Å²) in [5.74, 6) is -0.781. The number of benzene rings is 2. The minimum atomic E-state index is -0.416. The van der Waals surface area contributed by atoms with E-state index in [0.29, 0.717) is 35.3 Å². The van der Waals surface area contributed by atoms with E-state index < -0.39 is 5.82 Å². The second-order valence-electron chi connectivity index (χ2n) is 6.54. The molecular formula is C21H19FN2O2. The van der Waals surface area contributed by atoms with E-state index in [0.717, 1.165) is 12.8 Å². The highest BCUT2D eigenvalue weighted by molar-refractivity contribution is 6.01. The van der Waals surface area contributed by atoms with Crippen molar-refractivity contribution in [2.24, 2.45) is 5.92 Å². The Labute approximate surface area is 151 Å². The van der Waals surface area contributed by atoms with Gasteiger partial charge in [-0.15, -0.1) is 0 Å². The largest absolute Gasteiger partial charge is 0.337 e. The highest BCUT2D eigenvalue weighted by Gasteiger charge is 2.24. The molecule has 0 aliphatic carbocycles. The Balaban J connectivity index is 1.85. The number of halogens is 1. The molecular weight excluding hydrogens is 331 g/mol. The van der Waals surface area contributed by atoms with Crippen molar-refractivity contribution in [2.75, 3.05) is 13.1 Å². The number of amides is 1. The van der Waals surface area contributed by atoms with Crippen molar-refractivity contribution in [1.82, 2.24) is 4.90 Å². The number of carbonyl (C=O) groups excluding carboxylic acids is 2. The van der Waals surface area contributed by atoms with Gasteiger partial charge in [0.15, 0.2) is 5.78 Å². The monoisotopic (exact) mass is 350 g/mol. The zero-order chi connectivity index (χ0) is 18.7. The van der Waals surface area contributed by atoms with E-state index in [4.69, 9.17) is 5.26 Å². The summed E-state index contributed by atoms with van der Waals surface area (Å²) in [6.45, 7) is 2.54. The summed E-state index contributed by atoms with van der Waals surface area (Å²) >= 11 is 0. The number of rotatable bonds is 3. The quantitative estimate of drug-likeness (QED) is 0.784. The Morgan fingerprint density at radius 2 is 1.92 bits per heavy atom. The van der Waals surface area contributed by atoms with Crippen molar-refractivity contribution in [3.63, 3.8) is 0 Å². The van der Waals surface area contributed by atoms with Crippen LogP contribution in [0.1, 0.15) is 40.5 Å². The summed E-state index contributed by atoms with van der Waals surface area (Å²) < 4.78 is 13.6. The molecule has 1 amide bonds. The molecule has 5 heteroatoms. The molecule has 1 atom stereocenters. The minimum absolute atomic E-state index is 0.109. The molecule has 1 aliphatic heterocycles. The molecule has 2 aromatic carbocycles. The molecule has 0 unspecified atom stereocenters. The standard InChI is InChI=1S/C21H19FN2O2/c1-14(25)19-9-8-18(22)11-20(19)16-4-6-17(7-5-16)21(26)24-10-2-3-15(12-23)13-24/h4-9,11,15H,2-3,10,13H2,1H3/t15-/m1/s1. The first-order valence-corrected chi connectivity index (χ1v) is 8.59. The third-order valence-corrected chi connectivity index (χ3v) is 4.69. The molecule has 2 aromatic rings. The summed E-state index contributed by atoms with van der Waals surface area (Å²) in [4.78, 5) is 26.1. The number of nitriles is 1. The van der Waals surface area contributed by atoms with Crippen molar-refractivity contribution >= 4 is 11.7 Å². The Bertz CT molecular complexity index is 884. The van der Waals surface area contributed by atoms with Crippen LogP contribution in [-0.4, -0.2) is 29.7 Å². The molecule has 1 fully saturated rings. The van der Waals surface area contributed by atoms with E-state index in [1.54, 1.807) is 29.2 Å². The lowest BCUT2D eigenvalue weighted by molar-refractivity contribution is 0.0698. The van der Waals surface area contributed by atoms with E-state index in [1.807, 2.05) is 0 Å². The third kappa shape index (κ3) is 3.65. The van der Waals surface area contributed by atoms with E-state index in [2.05, 4.69) is 6.07 Å². The van der Waals surface area contributed by atoms with Crippen LogP contribution in [0.5, 0.6) is 0 Å². The molecule has 0 aromatic heterocycles. The van der Waals surface area contributed by atoms with Crippen LogP contribution < -0.4 is 0 Å². The lowest BCUT2D eigenvalue weighted by Crippen LogP contribution is -2.39. The van der Waals surface area contributed by atoms with Gasteiger partial charge in [0.25, 0.3) is 5.91 Å². The van der Waals surface area contributed by atoms with Gasteiger partial charge in [-0.25, -0.2) is 4.39 Å². The highest BCUT2D eigenvalue weighted by Crippen LogP contribution is 2.26. The van der Waals surface area contributed by atoms with Gasteiger partial charge >= 0.3 is 0 Å². The molecule has 26 heavy (non-hydrogen) atoms. The first-order valence-electron chi connectivity index (χ1n) is 8.59. The van der Waals surface area contributed by atoms with E-state index in [-0.39, 0.29) is 17.6 Å². The zero-order valence-corrected chi connectivity index (χ0v) is 14.5. The smallest absolute Gasteiger partial charge is 0.253 e. The van der Waals surface area contributed by atoms with Gasteiger partial charge in [0, 0.05) is 24.2 Å². The van der Waals surface area contributed by atoms with Gasteiger partial charge in [0.2, 0.25) is 0 Å². The minimum Gasteiger partial charge on any atom is -0.337 e. The Hall–Kier alpha value is -3.00. The van der Waals surface area contributed by atoms with Crippen molar-refractivity contribution in [2.45, 2.75) is 19.8 Å². The molecule has 1 heterocycles. The topological polar surface area (TPSA) is 61.2 Å². The molecule has 4 nitrogen and oxygen atoms in total. The summed E-state index contributed by atoms with van der Waals surface area (Å²) in [7, 11) is 0. The van der Waals surface area contributed by atoms with Crippen LogP contribution in [0.25, 0.3) is 11.1 Å². The Morgan fingerprint density at radius 1 is 1.19 bits per heavy atom. The van der Waals surface area contributed by atoms with Crippen molar-refractivity contribution < 1.29 is 14.0 Å². The van der Waals surface area contributed by atoms with Gasteiger partial charge in [-0.1, -0.05) is 12.1 Å². The molecule has 1 aliphatic rings. The normalized spacial score (nSPS) is 16.8. The number of ketones is 1. The number of Topliss-reactive ketones (excluding diaryl/α,β-unsaturated/α-hetero) is 1. The number of carbonyl (C=O) groups is 2. The summed E-state index contributed by atoms with van der Waals surface area (Å²) in [5.41, 5.74) is 2.16. The second kappa shape index (κ2) is 7.49. The molecule has 0 radical (unpaired) electrons. The summed E-state index contributed by atoms with van der Waals surface area (Å²) in [5, 5.41) is 9.07. The van der Waals surface area contributed by atoms with Gasteiger partial charge in [0.05, 0.1) is 12.0 Å². The van der Waals surface area contributed by atoms with Crippen LogP contribution in [0.3, 0.4) is 0 Å². The Morgan fingerprint density at radius 3 is 2.58 bits per heavy atom. The molecule has 132 valence electrons. The third-order valence-electron chi connectivity index (χ3n) is 4.69. The van der Waals surface area contributed by atoms with Gasteiger partial charge in [0.1, 0.15) is 5.82 Å². The van der Waals surface area contributed by atoms with Crippen LogP contribution in [0, 0.1) is 23.1 Å². The number of nitrogens with zero attached hydrogens (tertiary/aromatic N) is 2. The average Bonchev–Trinajstić information content (AvgIpc) is 2.67. The van der Waals surface area contributed by atoms with Gasteiger partial charge in [-0.3, -0.25) is 9.59 Å². The zero-order valence-electron chi connectivity index (χ0n) is 14.5.